The molecular weight excluding hydrogens is 328 g/mol. The maximum Gasteiger partial charge on any atom is 0.267 e. The number of amides is 1. The second-order valence-electron chi connectivity index (χ2n) is 6.76. The minimum atomic E-state index is -0.0746. The lowest BCUT2D eigenvalue weighted by Crippen LogP contribution is -2.21. The van der Waals surface area contributed by atoms with Crippen LogP contribution in [0.25, 0.3) is 11.3 Å². The molecule has 2 aromatic rings. The van der Waals surface area contributed by atoms with Crippen LogP contribution in [0.15, 0.2) is 29.1 Å². The minimum Gasteiger partial charge on any atom is -0.326 e. The number of benzene rings is 1. The van der Waals surface area contributed by atoms with Crippen molar-refractivity contribution in [2.24, 2.45) is 0 Å². The van der Waals surface area contributed by atoms with Crippen LogP contribution in [-0.2, 0) is 17.6 Å². The molecule has 0 atom stereocenters. The monoisotopic (exact) mass is 354 g/mol. The number of nitrogens with zero attached hydrogens (tertiary/aromatic N) is 1. The molecule has 3 rings (SSSR count). The number of nitrogens with one attached hydrogen (secondary N) is 3. The number of carbonyl (C=O) groups excluding carboxylic acids is 1. The zero-order valence-electron chi connectivity index (χ0n) is 15.2. The van der Waals surface area contributed by atoms with Crippen molar-refractivity contribution in [3.8, 4) is 11.3 Å². The fraction of sp³-hybridized carbons (Fsp3) is 0.450. The zero-order chi connectivity index (χ0) is 18.4. The molecule has 0 bridgehead atoms. The van der Waals surface area contributed by atoms with E-state index in [2.05, 4.69) is 20.8 Å². The van der Waals surface area contributed by atoms with Crippen molar-refractivity contribution in [3.63, 3.8) is 0 Å². The highest BCUT2D eigenvalue weighted by molar-refractivity contribution is 5.91. The molecule has 1 aromatic carbocycles. The Balaban J connectivity index is 1.76. The van der Waals surface area contributed by atoms with Gasteiger partial charge in [0.05, 0.1) is 5.69 Å². The lowest BCUT2D eigenvalue weighted by molar-refractivity contribution is -0.116. The average Bonchev–Trinajstić information content (AvgIpc) is 2.66. The van der Waals surface area contributed by atoms with Crippen LogP contribution < -0.4 is 16.2 Å². The molecule has 1 aromatic heterocycles. The van der Waals surface area contributed by atoms with Gasteiger partial charge in [-0.2, -0.15) is 5.10 Å². The smallest absolute Gasteiger partial charge is 0.267 e. The van der Waals surface area contributed by atoms with Crippen molar-refractivity contribution in [3.05, 3.63) is 45.7 Å². The Labute approximate surface area is 153 Å². The van der Waals surface area contributed by atoms with Gasteiger partial charge in [-0.3, -0.25) is 9.59 Å². The van der Waals surface area contributed by atoms with Crippen molar-refractivity contribution in [2.45, 2.75) is 44.9 Å². The number of hydrogen-bond acceptors (Lipinski definition) is 4. The first kappa shape index (κ1) is 18.3. The summed E-state index contributed by atoms with van der Waals surface area (Å²) in [5, 5.41) is 13.0. The molecule has 1 aliphatic carbocycles. The lowest BCUT2D eigenvalue weighted by atomic mass is 9.90. The molecule has 0 fully saturated rings. The van der Waals surface area contributed by atoms with Gasteiger partial charge < -0.3 is 10.6 Å². The van der Waals surface area contributed by atoms with Crippen LogP contribution in [-0.4, -0.2) is 29.7 Å². The summed E-state index contributed by atoms with van der Waals surface area (Å²) >= 11 is 0. The first-order valence-corrected chi connectivity index (χ1v) is 9.34. The molecule has 1 aliphatic rings. The molecule has 0 saturated heterocycles. The summed E-state index contributed by atoms with van der Waals surface area (Å²) in [5.41, 5.74) is 4.35. The van der Waals surface area contributed by atoms with E-state index in [1.54, 1.807) is 0 Å². The van der Waals surface area contributed by atoms with Crippen LogP contribution in [0.1, 0.15) is 43.2 Å². The highest BCUT2D eigenvalue weighted by Gasteiger charge is 2.19. The molecule has 3 N–H and O–H groups in total. The first-order valence-electron chi connectivity index (χ1n) is 9.34. The van der Waals surface area contributed by atoms with Crippen molar-refractivity contribution in [1.82, 2.24) is 15.5 Å². The van der Waals surface area contributed by atoms with E-state index >= 15 is 0 Å². The van der Waals surface area contributed by atoms with E-state index in [1.807, 2.05) is 31.3 Å². The van der Waals surface area contributed by atoms with E-state index in [9.17, 15) is 9.59 Å². The maximum atomic E-state index is 12.1. The number of fused-ring (bicyclic) bond motifs is 1. The van der Waals surface area contributed by atoms with Crippen LogP contribution in [0.2, 0.25) is 0 Å². The van der Waals surface area contributed by atoms with Gasteiger partial charge in [-0.05, 0) is 69.8 Å². The molecule has 1 heterocycles. The van der Waals surface area contributed by atoms with Gasteiger partial charge in [0.1, 0.15) is 0 Å². The highest BCUT2D eigenvalue weighted by atomic mass is 16.1. The zero-order valence-corrected chi connectivity index (χ0v) is 15.2. The maximum absolute atomic E-state index is 12.1. The Bertz CT molecular complexity index is 829. The number of rotatable bonds is 7. The van der Waals surface area contributed by atoms with E-state index in [1.165, 1.54) is 0 Å². The fourth-order valence-corrected chi connectivity index (χ4v) is 3.45. The molecule has 0 unspecified atom stereocenters. The number of aromatic amines is 1. The summed E-state index contributed by atoms with van der Waals surface area (Å²) in [6.45, 7) is 0.922. The first-order chi connectivity index (χ1) is 12.7. The van der Waals surface area contributed by atoms with Gasteiger partial charge in [0.2, 0.25) is 5.91 Å². The molecule has 138 valence electrons. The number of anilines is 1. The Morgan fingerprint density at radius 2 is 2.00 bits per heavy atom. The summed E-state index contributed by atoms with van der Waals surface area (Å²) in [6, 6.07) is 7.69. The second-order valence-corrected chi connectivity index (χ2v) is 6.76. The number of carbonyl (C=O) groups is 1. The molecule has 6 heteroatoms. The molecule has 26 heavy (non-hydrogen) atoms. The number of hydrogen-bond donors (Lipinski definition) is 3. The Hall–Kier alpha value is -2.47. The summed E-state index contributed by atoms with van der Waals surface area (Å²) in [6.07, 6.45) is 6.17. The summed E-state index contributed by atoms with van der Waals surface area (Å²) in [7, 11) is 1.91. The number of unbranched alkanes of at least 4 members (excludes halogenated alkanes) is 1. The quantitative estimate of drug-likeness (QED) is 0.667. The van der Waals surface area contributed by atoms with Crippen LogP contribution in [0.4, 0.5) is 5.69 Å². The van der Waals surface area contributed by atoms with Crippen molar-refractivity contribution >= 4 is 11.6 Å². The molecule has 6 nitrogen and oxygen atoms in total. The van der Waals surface area contributed by atoms with Crippen molar-refractivity contribution in [1.29, 1.82) is 0 Å². The third kappa shape index (κ3) is 4.38. The fourth-order valence-electron chi connectivity index (χ4n) is 3.45. The minimum absolute atomic E-state index is 0.0229. The predicted molar refractivity (Wildman–Crippen MR) is 103 cm³/mol. The van der Waals surface area contributed by atoms with E-state index in [4.69, 9.17) is 0 Å². The standard InChI is InChI=1S/C20H26N4O2/c1-21-12-5-4-11-18(25)22-15-8-6-7-14(13-15)19-16-9-2-3-10-17(16)20(26)24-23-19/h6-8,13,21H,2-5,9-12H2,1H3,(H,22,25)(H,24,26). The Morgan fingerprint density at radius 3 is 2.81 bits per heavy atom. The van der Waals surface area contributed by atoms with Gasteiger partial charge in [-0.1, -0.05) is 12.1 Å². The number of aromatic nitrogens is 2. The van der Waals surface area contributed by atoms with Gasteiger partial charge in [0.25, 0.3) is 5.56 Å². The third-order valence-corrected chi connectivity index (χ3v) is 4.80. The molecule has 0 spiro atoms. The normalized spacial score (nSPS) is 13.3. The largest absolute Gasteiger partial charge is 0.326 e. The van der Waals surface area contributed by atoms with E-state index in [-0.39, 0.29) is 11.5 Å². The van der Waals surface area contributed by atoms with Gasteiger partial charge in [0, 0.05) is 23.2 Å². The van der Waals surface area contributed by atoms with E-state index in [0.717, 1.165) is 73.1 Å². The average molecular weight is 354 g/mol. The molecule has 0 radical (unpaired) electrons. The van der Waals surface area contributed by atoms with Crippen molar-refractivity contribution < 1.29 is 4.79 Å². The Morgan fingerprint density at radius 1 is 1.19 bits per heavy atom. The van der Waals surface area contributed by atoms with Gasteiger partial charge >= 0.3 is 0 Å². The molecule has 0 saturated carbocycles. The lowest BCUT2D eigenvalue weighted by Gasteiger charge is -2.17. The van der Waals surface area contributed by atoms with E-state index in [0.29, 0.717) is 6.42 Å². The summed E-state index contributed by atoms with van der Waals surface area (Å²) in [4.78, 5) is 24.1. The van der Waals surface area contributed by atoms with Crippen LogP contribution in [0, 0.1) is 0 Å². The van der Waals surface area contributed by atoms with Crippen LogP contribution in [0.5, 0.6) is 0 Å². The van der Waals surface area contributed by atoms with Gasteiger partial charge in [-0.15, -0.1) is 0 Å². The number of H-pyrrole nitrogens is 1. The predicted octanol–water partition coefficient (Wildman–Crippen LogP) is 2.64. The van der Waals surface area contributed by atoms with E-state index < -0.39 is 0 Å². The van der Waals surface area contributed by atoms with Crippen LogP contribution >= 0.6 is 0 Å². The molecule has 1 amide bonds. The summed E-state index contributed by atoms with van der Waals surface area (Å²) in [5.74, 6) is 0.0229. The SMILES string of the molecule is CNCCCCC(=O)Nc1cccc(-c2n[nH]c(=O)c3c2CCCC3)c1. The Kier molecular flexibility index (Phi) is 6.17. The second kappa shape index (κ2) is 8.76. The van der Waals surface area contributed by atoms with Gasteiger partial charge in [-0.25, -0.2) is 5.10 Å². The third-order valence-electron chi connectivity index (χ3n) is 4.80. The topological polar surface area (TPSA) is 86.9 Å². The summed E-state index contributed by atoms with van der Waals surface area (Å²) < 4.78 is 0. The van der Waals surface area contributed by atoms with Gasteiger partial charge in [0.15, 0.2) is 0 Å². The highest BCUT2D eigenvalue weighted by Crippen LogP contribution is 2.29. The van der Waals surface area contributed by atoms with Crippen LogP contribution in [0.3, 0.4) is 0 Å². The van der Waals surface area contributed by atoms with Crippen molar-refractivity contribution in [2.75, 3.05) is 18.9 Å². The molecular formula is C20H26N4O2. The molecule has 0 aliphatic heterocycles.